The van der Waals surface area contributed by atoms with Gasteiger partial charge in [-0.1, -0.05) is 12.1 Å². The second kappa shape index (κ2) is 7.84. The number of carboxylic acid groups (broad SMARTS) is 1. The Morgan fingerprint density at radius 3 is 2.70 bits per heavy atom. The van der Waals surface area contributed by atoms with Gasteiger partial charge in [0.1, 0.15) is 5.25 Å². The fraction of sp³-hybridized carbons (Fsp3) is 0.529. The molecule has 1 amide bonds. The lowest BCUT2D eigenvalue weighted by Crippen LogP contribution is -2.31. The van der Waals surface area contributed by atoms with Gasteiger partial charge in [0.15, 0.2) is 0 Å². The summed E-state index contributed by atoms with van der Waals surface area (Å²) >= 11 is 1.19. The van der Waals surface area contributed by atoms with Crippen LogP contribution in [0, 0.1) is 5.41 Å². The van der Waals surface area contributed by atoms with Gasteiger partial charge in [0.05, 0.1) is 5.56 Å². The van der Waals surface area contributed by atoms with Crippen molar-refractivity contribution in [3.8, 4) is 0 Å². The second-order valence-corrected chi connectivity index (χ2v) is 7.40. The van der Waals surface area contributed by atoms with Crippen LogP contribution < -0.4 is 5.32 Å². The molecule has 1 aromatic carbocycles. The topological polar surface area (TPSA) is 75.6 Å². The second-order valence-electron chi connectivity index (χ2n) is 6.02. The summed E-state index contributed by atoms with van der Waals surface area (Å²) < 4.78 is 5.12. The van der Waals surface area contributed by atoms with E-state index in [4.69, 9.17) is 9.84 Å². The van der Waals surface area contributed by atoms with Gasteiger partial charge in [-0.15, -0.1) is 11.8 Å². The molecule has 1 aliphatic carbocycles. The van der Waals surface area contributed by atoms with Crippen molar-refractivity contribution in [1.29, 1.82) is 0 Å². The van der Waals surface area contributed by atoms with Crippen LogP contribution in [0.2, 0.25) is 0 Å². The molecule has 1 saturated carbocycles. The van der Waals surface area contributed by atoms with Crippen molar-refractivity contribution in [2.24, 2.45) is 5.41 Å². The summed E-state index contributed by atoms with van der Waals surface area (Å²) in [6.07, 6.45) is 3.18. The third-order valence-corrected chi connectivity index (χ3v) is 5.37. The Labute approximate surface area is 140 Å². The predicted octanol–water partition coefficient (Wildman–Crippen LogP) is 2.80. The van der Waals surface area contributed by atoms with E-state index in [0.717, 1.165) is 19.3 Å². The van der Waals surface area contributed by atoms with Crippen LogP contribution >= 0.6 is 11.8 Å². The molecule has 6 heteroatoms. The molecule has 0 aliphatic heterocycles. The van der Waals surface area contributed by atoms with E-state index in [0.29, 0.717) is 23.6 Å². The van der Waals surface area contributed by atoms with Crippen LogP contribution in [0.1, 0.15) is 36.5 Å². The lowest BCUT2D eigenvalue weighted by atomic mass is 10.0. The molecule has 126 valence electrons. The minimum absolute atomic E-state index is 0.144. The predicted molar refractivity (Wildman–Crippen MR) is 89.9 cm³/mol. The smallest absolute Gasteiger partial charge is 0.316 e. The molecule has 0 saturated heterocycles. The Morgan fingerprint density at radius 2 is 2.09 bits per heavy atom. The number of amides is 1. The molecule has 1 aromatic rings. The maximum atomic E-state index is 12.5. The van der Waals surface area contributed by atoms with Crippen LogP contribution in [-0.4, -0.2) is 42.5 Å². The van der Waals surface area contributed by atoms with Crippen LogP contribution in [0.4, 0.5) is 0 Å². The molecule has 2 N–H and O–H groups in total. The summed E-state index contributed by atoms with van der Waals surface area (Å²) in [6, 6.07) is 7.13. The van der Waals surface area contributed by atoms with Gasteiger partial charge in [0, 0.05) is 25.2 Å². The number of carbonyl (C=O) groups excluding carboxylic acids is 1. The molecule has 1 unspecified atom stereocenters. The molecule has 0 bridgehead atoms. The Bertz CT molecular complexity index is 571. The third kappa shape index (κ3) is 4.97. The number of methoxy groups -OCH3 is 1. The normalized spacial score (nSPS) is 16.6. The van der Waals surface area contributed by atoms with Crippen molar-refractivity contribution >= 4 is 23.6 Å². The fourth-order valence-corrected chi connectivity index (χ4v) is 3.30. The van der Waals surface area contributed by atoms with Crippen molar-refractivity contribution in [3.63, 3.8) is 0 Å². The molecule has 0 aromatic heterocycles. The molecular weight excluding hydrogens is 314 g/mol. The van der Waals surface area contributed by atoms with Gasteiger partial charge in [-0.3, -0.25) is 9.59 Å². The molecule has 23 heavy (non-hydrogen) atoms. The Kier molecular flexibility index (Phi) is 6.07. The average molecular weight is 337 g/mol. The lowest BCUT2D eigenvalue weighted by Gasteiger charge is -2.17. The maximum Gasteiger partial charge on any atom is 0.316 e. The number of thioether (sulfide) groups is 1. The van der Waals surface area contributed by atoms with Crippen molar-refractivity contribution in [2.75, 3.05) is 20.3 Å². The highest BCUT2D eigenvalue weighted by Gasteiger charge is 2.42. The van der Waals surface area contributed by atoms with Crippen LogP contribution in [0.5, 0.6) is 0 Å². The number of aliphatic carboxylic acids is 1. The van der Waals surface area contributed by atoms with E-state index in [9.17, 15) is 9.59 Å². The standard InChI is InChI=1S/C17H23NO4S/c1-12(16(20)21)23-14-6-4-3-5-13(14)15(19)18-11-17(7-8-17)9-10-22-2/h3-6,12H,7-11H2,1-2H3,(H,18,19)(H,20,21). The van der Waals surface area contributed by atoms with Gasteiger partial charge in [0.2, 0.25) is 0 Å². The van der Waals surface area contributed by atoms with Gasteiger partial charge in [-0.05, 0) is 43.7 Å². The summed E-state index contributed by atoms with van der Waals surface area (Å²) in [6.45, 7) is 2.97. The zero-order chi connectivity index (χ0) is 16.9. The number of benzene rings is 1. The van der Waals surface area contributed by atoms with E-state index < -0.39 is 11.2 Å². The monoisotopic (exact) mass is 337 g/mol. The molecular formula is C17H23NO4S. The van der Waals surface area contributed by atoms with E-state index in [2.05, 4.69) is 5.32 Å². The first kappa shape index (κ1) is 17.8. The summed E-state index contributed by atoms with van der Waals surface area (Å²) in [5.41, 5.74) is 0.718. The number of carboxylic acids is 1. The minimum Gasteiger partial charge on any atom is -0.480 e. The molecule has 1 atom stereocenters. The van der Waals surface area contributed by atoms with Crippen molar-refractivity contribution in [3.05, 3.63) is 29.8 Å². The molecule has 1 aliphatic rings. The molecule has 2 rings (SSSR count). The van der Waals surface area contributed by atoms with Crippen LogP contribution in [0.15, 0.2) is 29.2 Å². The number of hydrogen-bond donors (Lipinski definition) is 2. The van der Waals surface area contributed by atoms with Crippen molar-refractivity contribution < 1.29 is 19.4 Å². The van der Waals surface area contributed by atoms with Gasteiger partial charge in [-0.25, -0.2) is 0 Å². The SMILES string of the molecule is COCCC1(CNC(=O)c2ccccc2SC(C)C(=O)O)CC1. The molecule has 0 heterocycles. The maximum absolute atomic E-state index is 12.5. The van der Waals surface area contributed by atoms with Crippen molar-refractivity contribution in [1.82, 2.24) is 5.32 Å². The average Bonchev–Trinajstić information content (AvgIpc) is 3.31. The van der Waals surface area contributed by atoms with Crippen molar-refractivity contribution in [2.45, 2.75) is 36.3 Å². The molecule has 0 spiro atoms. The number of ether oxygens (including phenoxy) is 1. The zero-order valence-electron chi connectivity index (χ0n) is 13.5. The van der Waals surface area contributed by atoms with E-state index in [1.54, 1.807) is 32.2 Å². The minimum atomic E-state index is -0.887. The first-order chi connectivity index (χ1) is 11.0. The van der Waals surface area contributed by atoms with E-state index >= 15 is 0 Å². The summed E-state index contributed by atoms with van der Waals surface area (Å²) in [7, 11) is 1.69. The van der Waals surface area contributed by atoms with Gasteiger partial charge >= 0.3 is 5.97 Å². The Hall–Kier alpha value is -1.53. The molecule has 0 radical (unpaired) electrons. The van der Waals surface area contributed by atoms with E-state index in [-0.39, 0.29) is 11.3 Å². The fourth-order valence-electron chi connectivity index (χ4n) is 2.37. The summed E-state index contributed by atoms with van der Waals surface area (Å²) in [5, 5.41) is 11.4. The third-order valence-electron chi connectivity index (χ3n) is 4.20. The first-order valence-corrected chi connectivity index (χ1v) is 8.61. The summed E-state index contributed by atoms with van der Waals surface area (Å²) in [5.74, 6) is -1.03. The van der Waals surface area contributed by atoms with Crippen LogP contribution in [0.25, 0.3) is 0 Å². The lowest BCUT2D eigenvalue weighted by molar-refractivity contribution is -0.136. The van der Waals surface area contributed by atoms with E-state index in [1.165, 1.54) is 11.8 Å². The number of rotatable bonds is 9. The Morgan fingerprint density at radius 1 is 1.39 bits per heavy atom. The van der Waals surface area contributed by atoms with Gasteiger partial charge < -0.3 is 15.2 Å². The van der Waals surface area contributed by atoms with E-state index in [1.807, 2.05) is 6.07 Å². The quantitative estimate of drug-likeness (QED) is 0.678. The molecule has 1 fully saturated rings. The first-order valence-electron chi connectivity index (χ1n) is 7.73. The Balaban J connectivity index is 1.98. The zero-order valence-corrected chi connectivity index (χ0v) is 14.3. The van der Waals surface area contributed by atoms with Crippen LogP contribution in [-0.2, 0) is 9.53 Å². The largest absolute Gasteiger partial charge is 0.480 e. The highest BCUT2D eigenvalue weighted by molar-refractivity contribution is 8.00. The number of nitrogens with one attached hydrogen (secondary N) is 1. The number of hydrogen-bond acceptors (Lipinski definition) is 4. The highest BCUT2D eigenvalue weighted by Crippen LogP contribution is 2.48. The van der Waals surface area contributed by atoms with Gasteiger partial charge in [-0.2, -0.15) is 0 Å². The summed E-state index contributed by atoms with van der Waals surface area (Å²) in [4.78, 5) is 24.2. The van der Waals surface area contributed by atoms with Crippen LogP contribution in [0.3, 0.4) is 0 Å². The van der Waals surface area contributed by atoms with Gasteiger partial charge in [0.25, 0.3) is 5.91 Å². The number of carbonyl (C=O) groups is 2. The molecule has 5 nitrogen and oxygen atoms in total. The highest BCUT2D eigenvalue weighted by atomic mass is 32.2.